The van der Waals surface area contributed by atoms with Crippen molar-refractivity contribution in [1.29, 1.82) is 0 Å². The number of nitrogens with one attached hydrogen (secondary N) is 4. The molecule has 0 aromatic heterocycles. The van der Waals surface area contributed by atoms with Gasteiger partial charge >= 0.3 is 0 Å². The van der Waals surface area contributed by atoms with Crippen LogP contribution in [0.25, 0.3) is 0 Å². The quantitative estimate of drug-likeness (QED) is 0.339. The lowest BCUT2D eigenvalue weighted by Crippen LogP contribution is -2.50. The Bertz CT molecular complexity index is 409. The fraction of sp³-hybridized carbons (Fsp3) is 0.273. The molecule has 0 unspecified atom stereocenters. The van der Waals surface area contributed by atoms with Crippen molar-refractivity contribution >= 4 is 53.0 Å². The van der Waals surface area contributed by atoms with Gasteiger partial charge in [-0.3, -0.25) is 15.8 Å². The summed E-state index contributed by atoms with van der Waals surface area (Å²) in [7, 11) is 0. The van der Waals surface area contributed by atoms with Gasteiger partial charge in [0.15, 0.2) is 5.11 Å². The third kappa shape index (κ3) is 5.05. The van der Waals surface area contributed by atoms with Gasteiger partial charge in [-0.05, 0) is 30.8 Å². The highest BCUT2D eigenvalue weighted by molar-refractivity contribution is 14.0. The molecular weight excluding hydrogens is 361 g/mol. The van der Waals surface area contributed by atoms with Crippen molar-refractivity contribution in [1.82, 2.24) is 16.2 Å². The SMILES string of the molecule is I.S=C(NNC1=NCCCN1)Nc1ccccc1. The molecule has 0 aliphatic carbocycles. The molecule has 1 heterocycles. The van der Waals surface area contributed by atoms with E-state index in [1.54, 1.807) is 0 Å². The Balaban J connectivity index is 0.00000162. The molecule has 0 atom stereocenters. The van der Waals surface area contributed by atoms with E-state index >= 15 is 0 Å². The number of halogens is 1. The molecule has 1 aliphatic rings. The van der Waals surface area contributed by atoms with E-state index in [1.165, 1.54) is 0 Å². The predicted octanol–water partition coefficient (Wildman–Crippen LogP) is 1.44. The highest BCUT2D eigenvalue weighted by Crippen LogP contribution is 2.03. The number of aliphatic imine (C=N–C) groups is 1. The summed E-state index contributed by atoms with van der Waals surface area (Å²) in [5.41, 5.74) is 6.75. The number of rotatable bonds is 1. The Morgan fingerprint density at radius 1 is 1.28 bits per heavy atom. The Hall–Kier alpha value is -1.09. The first kappa shape index (κ1) is 15.0. The van der Waals surface area contributed by atoms with Crippen LogP contribution in [-0.2, 0) is 0 Å². The molecule has 1 aromatic rings. The van der Waals surface area contributed by atoms with E-state index in [4.69, 9.17) is 12.2 Å². The first-order valence-corrected chi connectivity index (χ1v) is 5.92. The van der Waals surface area contributed by atoms with E-state index in [0.717, 1.165) is 31.2 Å². The average molecular weight is 377 g/mol. The predicted molar refractivity (Wildman–Crippen MR) is 89.3 cm³/mol. The summed E-state index contributed by atoms with van der Waals surface area (Å²) in [4.78, 5) is 4.25. The third-order valence-corrected chi connectivity index (χ3v) is 2.43. The van der Waals surface area contributed by atoms with Gasteiger partial charge < -0.3 is 10.6 Å². The van der Waals surface area contributed by atoms with Gasteiger partial charge in [-0.1, -0.05) is 18.2 Å². The highest BCUT2D eigenvalue weighted by Gasteiger charge is 2.03. The van der Waals surface area contributed by atoms with Crippen LogP contribution < -0.4 is 21.5 Å². The van der Waals surface area contributed by atoms with Crippen LogP contribution in [0.5, 0.6) is 0 Å². The zero-order chi connectivity index (χ0) is 11.9. The summed E-state index contributed by atoms with van der Waals surface area (Å²) in [6.45, 7) is 1.78. The van der Waals surface area contributed by atoms with Crippen molar-refractivity contribution in [2.45, 2.75) is 6.42 Å². The van der Waals surface area contributed by atoms with Crippen molar-refractivity contribution in [2.24, 2.45) is 4.99 Å². The summed E-state index contributed by atoms with van der Waals surface area (Å²) in [6, 6.07) is 9.76. The molecule has 1 aromatic carbocycles. The maximum atomic E-state index is 5.14. The minimum Gasteiger partial charge on any atom is -0.355 e. The normalized spacial score (nSPS) is 13.4. The maximum Gasteiger partial charge on any atom is 0.210 e. The number of hydrogen-bond acceptors (Lipinski definition) is 4. The molecule has 1 aliphatic heterocycles. The average Bonchev–Trinajstić information content (AvgIpc) is 2.39. The Morgan fingerprint density at radius 2 is 2.06 bits per heavy atom. The Labute approximate surface area is 129 Å². The zero-order valence-corrected chi connectivity index (χ0v) is 12.9. The van der Waals surface area contributed by atoms with Crippen LogP contribution >= 0.6 is 36.2 Å². The molecule has 2 rings (SSSR count). The molecule has 98 valence electrons. The smallest absolute Gasteiger partial charge is 0.210 e. The first-order valence-electron chi connectivity index (χ1n) is 5.51. The van der Waals surface area contributed by atoms with Crippen LogP contribution in [0.15, 0.2) is 35.3 Å². The van der Waals surface area contributed by atoms with Crippen LogP contribution in [0.3, 0.4) is 0 Å². The second kappa shape index (κ2) is 8.09. The van der Waals surface area contributed by atoms with Crippen LogP contribution in [0, 0.1) is 0 Å². The number of benzene rings is 1. The number of hydrazine groups is 1. The first-order chi connectivity index (χ1) is 8.34. The molecule has 0 saturated heterocycles. The van der Waals surface area contributed by atoms with Gasteiger partial charge in [0.25, 0.3) is 0 Å². The molecule has 0 spiro atoms. The van der Waals surface area contributed by atoms with Crippen molar-refractivity contribution in [3.8, 4) is 0 Å². The highest BCUT2D eigenvalue weighted by atomic mass is 127. The number of nitrogens with zero attached hydrogens (tertiary/aromatic N) is 1. The summed E-state index contributed by atoms with van der Waals surface area (Å²) in [6.07, 6.45) is 1.07. The molecule has 4 N–H and O–H groups in total. The second-order valence-electron chi connectivity index (χ2n) is 3.58. The molecular formula is C11H16IN5S. The standard InChI is InChI=1S/C11H15N5S.HI/c17-11(14-9-5-2-1-3-6-9)16-15-10-12-7-4-8-13-10;/h1-3,5-6H,4,7-8H2,(H2,12,13,15)(H2,14,16,17);1H. The topological polar surface area (TPSA) is 60.5 Å². The molecule has 0 radical (unpaired) electrons. The van der Waals surface area contributed by atoms with E-state index < -0.39 is 0 Å². The molecule has 0 bridgehead atoms. The van der Waals surface area contributed by atoms with E-state index in [2.05, 4.69) is 26.5 Å². The van der Waals surface area contributed by atoms with Crippen LogP contribution in [-0.4, -0.2) is 24.2 Å². The van der Waals surface area contributed by atoms with Gasteiger partial charge in [-0.25, -0.2) is 0 Å². The molecule has 7 heteroatoms. The molecule has 5 nitrogen and oxygen atoms in total. The number of thiocarbonyl (C=S) groups is 1. The fourth-order valence-electron chi connectivity index (χ4n) is 1.42. The Morgan fingerprint density at radius 3 is 2.72 bits per heavy atom. The molecule has 18 heavy (non-hydrogen) atoms. The second-order valence-corrected chi connectivity index (χ2v) is 3.99. The summed E-state index contributed by atoms with van der Waals surface area (Å²) < 4.78 is 0. The van der Waals surface area contributed by atoms with Crippen molar-refractivity contribution in [2.75, 3.05) is 18.4 Å². The van der Waals surface area contributed by atoms with E-state index in [-0.39, 0.29) is 24.0 Å². The number of para-hydroxylation sites is 1. The number of guanidine groups is 1. The van der Waals surface area contributed by atoms with Gasteiger partial charge in [-0.2, -0.15) is 0 Å². The Kier molecular flexibility index (Phi) is 6.73. The summed E-state index contributed by atoms with van der Waals surface area (Å²) >= 11 is 5.14. The fourth-order valence-corrected chi connectivity index (χ4v) is 1.59. The lowest BCUT2D eigenvalue weighted by molar-refractivity contribution is 0.693. The van der Waals surface area contributed by atoms with Crippen molar-refractivity contribution < 1.29 is 0 Å². The lowest BCUT2D eigenvalue weighted by atomic mass is 10.3. The van der Waals surface area contributed by atoms with E-state index in [0.29, 0.717) is 5.11 Å². The molecule has 0 fully saturated rings. The van der Waals surface area contributed by atoms with Gasteiger partial charge in [0.2, 0.25) is 5.96 Å². The maximum absolute atomic E-state index is 5.14. The number of hydrogen-bond donors (Lipinski definition) is 4. The minimum absolute atomic E-state index is 0. The third-order valence-electron chi connectivity index (χ3n) is 2.22. The number of anilines is 1. The zero-order valence-electron chi connectivity index (χ0n) is 9.77. The van der Waals surface area contributed by atoms with Gasteiger partial charge in [0.05, 0.1) is 0 Å². The molecule has 0 saturated carbocycles. The van der Waals surface area contributed by atoms with Gasteiger partial charge in [0.1, 0.15) is 0 Å². The summed E-state index contributed by atoms with van der Waals surface area (Å²) in [5.74, 6) is 0.730. The monoisotopic (exact) mass is 377 g/mol. The summed E-state index contributed by atoms with van der Waals surface area (Å²) in [5, 5.41) is 6.69. The van der Waals surface area contributed by atoms with Gasteiger partial charge in [-0.15, -0.1) is 24.0 Å². The van der Waals surface area contributed by atoms with Crippen molar-refractivity contribution in [3.63, 3.8) is 0 Å². The van der Waals surface area contributed by atoms with Gasteiger partial charge in [0, 0.05) is 18.8 Å². The van der Waals surface area contributed by atoms with Crippen LogP contribution in [0.4, 0.5) is 5.69 Å². The van der Waals surface area contributed by atoms with Crippen LogP contribution in [0.2, 0.25) is 0 Å². The van der Waals surface area contributed by atoms with E-state index in [9.17, 15) is 0 Å². The van der Waals surface area contributed by atoms with E-state index in [1.807, 2.05) is 30.3 Å². The van der Waals surface area contributed by atoms with Crippen LogP contribution in [0.1, 0.15) is 6.42 Å². The minimum atomic E-state index is 0. The lowest BCUT2D eigenvalue weighted by Gasteiger charge is -2.17. The molecule has 0 amide bonds. The van der Waals surface area contributed by atoms with Crippen molar-refractivity contribution in [3.05, 3.63) is 30.3 Å². The largest absolute Gasteiger partial charge is 0.355 e.